The van der Waals surface area contributed by atoms with Crippen molar-refractivity contribution in [3.63, 3.8) is 0 Å². The Morgan fingerprint density at radius 3 is 2.92 bits per heavy atom. The Balaban J connectivity index is 1.60. The maximum absolute atomic E-state index is 12.2. The van der Waals surface area contributed by atoms with Crippen LogP contribution in [0, 0.1) is 11.3 Å². The molecule has 2 aromatic rings. The minimum atomic E-state index is -0.242. The lowest BCUT2D eigenvalue weighted by Crippen LogP contribution is -2.52. The van der Waals surface area contributed by atoms with Crippen molar-refractivity contribution < 1.29 is 14.3 Å². The van der Waals surface area contributed by atoms with Crippen LogP contribution in [0.15, 0.2) is 42.9 Å². The molecule has 1 amide bonds. The molecule has 0 bridgehead atoms. The fourth-order valence-corrected chi connectivity index (χ4v) is 2.62. The van der Waals surface area contributed by atoms with Crippen molar-refractivity contribution in [3.05, 3.63) is 54.1 Å². The van der Waals surface area contributed by atoms with E-state index >= 15 is 0 Å². The first-order valence-electron chi connectivity index (χ1n) is 8.03. The van der Waals surface area contributed by atoms with Crippen molar-refractivity contribution in [2.24, 2.45) is 0 Å². The zero-order valence-corrected chi connectivity index (χ0v) is 13.6. The molecular formula is C18H18N4O3. The number of hydrogen-bond donors (Lipinski definition) is 1. The highest BCUT2D eigenvalue weighted by Crippen LogP contribution is 2.19. The molecule has 2 atom stereocenters. The average molecular weight is 338 g/mol. The third-order valence-corrected chi connectivity index (χ3v) is 3.87. The maximum Gasteiger partial charge on any atom is 0.226 e. The van der Waals surface area contributed by atoms with Gasteiger partial charge in [0.05, 0.1) is 43.0 Å². The van der Waals surface area contributed by atoms with Crippen LogP contribution in [0.3, 0.4) is 0 Å². The van der Waals surface area contributed by atoms with E-state index in [2.05, 4.69) is 21.4 Å². The van der Waals surface area contributed by atoms with Crippen LogP contribution < -0.4 is 10.1 Å². The number of aromatic nitrogens is 2. The summed E-state index contributed by atoms with van der Waals surface area (Å²) in [5.41, 5.74) is 1.19. The van der Waals surface area contributed by atoms with Gasteiger partial charge in [0.25, 0.3) is 0 Å². The molecule has 1 aromatic carbocycles. The summed E-state index contributed by atoms with van der Waals surface area (Å²) in [5, 5.41) is 11.8. The van der Waals surface area contributed by atoms with Crippen molar-refractivity contribution >= 4 is 5.91 Å². The largest absolute Gasteiger partial charge is 0.488 e. The summed E-state index contributed by atoms with van der Waals surface area (Å²) >= 11 is 0. The maximum atomic E-state index is 12.2. The van der Waals surface area contributed by atoms with Gasteiger partial charge >= 0.3 is 0 Å². The zero-order valence-electron chi connectivity index (χ0n) is 13.6. The highest BCUT2D eigenvalue weighted by molar-refractivity contribution is 5.78. The molecule has 0 radical (unpaired) electrons. The predicted molar refractivity (Wildman–Crippen MR) is 88.7 cm³/mol. The van der Waals surface area contributed by atoms with Crippen molar-refractivity contribution in [3.8, 4) is 11.8 Å². The summed E-state index contributed by atoms with van der Waals surface area (Å²) in [6.07, 6.45) is 5.35. The van der Waals surface area contributed by atoms with Gasteiger partial charge in [0.15, 0.2) is 0 Å². The number of nitriles is 1. The molecule has 1 aliphatic heterocycles. The Morgan fingerprint density at radius 1 is 1.36 bits per heavy atom. The topological polar surface area (TPSA) is 97.1 Å². The number of carbonyl (C=O) groups excluding carboxylic acids is 1. The van der Waals surface area contributed by atoms with Gasteiger partial charge in [0.2, 0.25) is 5.91 Å². The van der Waals surface area contributed by atoms with Gasteiger partial charge < -0.3 is 14.8 Å². The smallest absolute Gasteiger partial charge is 0.226 e. The first kappa shape index (κ1) is 16.9. The van der Waals surface area contributed by atoms with Gasteiger partial charge in [-0.15, -0.1) is 0 Å². The third kappa shape index (κ3) is 4.75. The lowest BCUT2D eigenvalue weighted by Gasteiger charge is -2.32. The molecule has 1 aliphatic rings. The molecule has 0 saturated carbocycles. The Labute approximate surface area is 145 Å². The van der Waals surface area contributed by atoms with Gasteiger partial charge in [-0.25, -0.2) is 0 Å². The van der Waals surface area contributed by atoms with E-state index in [9.17, 15) is 4.79 Å². The molecule has 1 fully saturated rings. The van der Waals surface area contributed by atoms with Gasteiger partial charge in [-0.3, -0.25) is 14.8 Å². The zero-order chi connectivity index (χ0) is 17.5. The van der Waals surface area contributed by atoms with Crippen molar-refractivity contribution in [1.82, 2.24) is 15.3 Å². The van der Waals surface area contributed by atoms with Crippen LogP contribution in [0.25, 0.3) is 0 Å². The molecule has 3 rings (SSSR count). The van der Waals surface area contributed by atoms with Crippen molar-refractivity contribution in [2.45, 2.75) is 25.0 Å². The third-order valence-electron chi connectivity index (χ3n) is 3.87. The Kier molecular flexibility index (Phi) is 5.54. The molecular weight excluding hydrogens is 320 g/mol. The van der Waals surface area contributed by atoms with Gasteiger partial charge in [0.1, 0.15) is 11.9 Å². The summed E-state index contributed by atoms with van der Waals surface area (Å²) in [6, 6.07) is 8.75. The summed E-state index contributed by atoms with van der Waals surface area (Å²) in [6.45, 7) is 0.977. The second-order valence-electron chi connectivity index (χ2n) is 5.70. The van der Waals surface area contributed by atoms with E-state index in [0.717, 1.165) is 0 Å². The summed E-state index contributed by atoms with van der Waals surface area (Å²) in [7, 11) is 0. The van der Waals surface area contributed by atoms with Crippen molar-refractivity contribution in [2.75, 3.05) is 13.2 Å². The molecule has 0 spiro atoms. The number of nitrogens with one attached hydrogen (secondary N) is 1. The van der Waals surface area contributed by atoms with E-state index in [1.54, 1.807) is 42.9 Å². The van der Waals surface area contributed by atoms with E-state index in [4.69, 9.17) is 14.7 Å². The van der Waals surface area contributed by atoms with Gasteiger partial charge in [-0.05, 0) is 24.3 Å². The molecule has 0 unspecified atom stereocenters. The fraction of sp³-hybridized carbons (Fsp3) is 0.333. The van der Waals surface area contributed by atoms with Crippen LogP contribution in [0.1, 0.15) is 17.7 Å². The normalized spacial score (nSPS) is 19.6. The Bertz CT molecular complexity index is 743. The Hall–Kier alpha value is -2.98. The number of ether oxygens (including phenoxy) is 2. The molecule has 7 nitrogen and oxygen atoms in total. The first-order chi connectivity index (χ1) is 12.2. The van der Waals surface area contributed by atoms with E-state index in [1.165, 1.54) is 0 Å². The molecule has 1 aromatic heterocycles. The van der Waals surface area contributed by atoms with E-state index in [0.29, 0.717) is 36.6 Å². The van der Waals surface area contributed by atoms with Crippen LogP contribution in [-0.2, 0) is 16.0 Å². The Morgan fingerprint density at radius 2 is 2.20 bits per heavy atom. The van der Waals surface area contributed by atoms with Gasteiger partial charge in [-0.2, -0.15) is 5.26 Å². The predicted octanol–water partition coefficient (Wildman–Crippen LogP) is 1.24. The molecule has 25 heavy (non-hydrogen) atoms. The molecule has 0 aliphatic carbocycles. The quantitative estimate of drug-likeness (QED) is 0.881. The lowest BCUT2D eigenvalue weighted by atomic mass is 10.1. The lowest BCUT2D eigenvalue weighted by molar-refractivity contribution is -0.123. The van der Waals surface area contributed by atoms with E-state index in [1.807, 2.05) is 0 Å². The molecule has 7 heteroatoms. The minimum absolute atomic E-state index is 0.149. The number of amides is 1. The fourth-order valence-electron chi connectivity index (χ4n) is 2.62. The number of hydrogen-bond acceptors (Lipinski definition) is 6. The van der Waals surface area contributed by atoms with Crippen LogP contribution >= 0.6 is 0 Å². The summed E-state index contributed by atoms with van der Waals surface area (Å²) in [4.78, 5) is 20.3. The second-order valence-corrected chi connectivity index (χ2v) is 5.70. The average Bonchev–Trinajstić information content (AvgIpc) is 2.65. The summed E-state index contributed by atoms with van der Waals surface area (Å²) in [5.74, 6) is 0.517. The highest BCUT2D eigenvalue weighted by Gasteiger charge is 2.29. The first-order valence-corrected chi connectivity index (χ1v) is 8.03. The van der Waals surface area contributed by atoms with E-state index < -0.39 is 0 Å². The SMILES string of the molecule is N#Cc1ccc(O[C@@H]2CCOC[C@H]2NC(=O)Cc2cnccn2)cc1. The number of rotatable bonds is 5. The van der Waals surface area contributed by atoms with Crippen LogP contribution in [-0.4, -0.2) is 41.2 Å². The number of carbonyl (C=O) groups is 1. The number of nitrogens with zero attached hydrogens (tertiary/aromatic N) is 3. The monoisotopic (exact) mass is 338 g/mol. The van der Waals surface area contributed by atoms with Crippen LogP contribution in [0.5, 0.6) is 5.75 Å². The standard InChI is InChI=1S/C18H18N4O3/c19-10-13-1-3-15(4-2-13)25-17-5-8-24-12-16(17)22-18(23)9-14-11-20-6-7-21-14/h1-4,6-7,11,16-17H,5,8-9,12H2,(H,22,23)/t16-,17-/m1/s1. The van der Waals surface area contributed by atoms with Crippen LogP contribution in [0.4, 0.5) is 0 Å². The molecule has 1 N–H and O–H groups in total. The van der Waals surface area contributed by atoms with Crippen molar-refractivity contribution in [1.29, 1.82) is 5.26 Å². The summed E-state index contributed by atoms with van der Waals surface area (Å²) < 4.78 is 11.5. The molecule has 1 saturated heterocycles. The van der Waals surface area contributed by atoms with Gasteiger partial charge in [0, 0.05) is 25.0 Å². The minimum Gasteiger partial charge on any atom is -0.488 e. The van der Waals surface area contributed by atoms with Crippen LogP contribution in [0.2, 0.25) is 0 Å². The second kappa shape index (κ2) is 8.22. The van der Waals surface area contributed by atoms with E-state index in [-0.39, 0.29) is 24.5 Å². The number of benzene rings is 1. The van der Waals surface area contributed by atoms with Gasteiger partial charge in [-0.1, -0.05) is 0 Å². The molecule has 2 heterocycles. The highest BCUT2D eigenvalue weighted by atomic mass is 16.5. The molecule has 128 valence electrons.